The molecular formula is C61H42N2. The van der Waals surface area contributed by atoms with Crippen molar-refractivity contribution >= 4 is 43.6 Å². The van der Waals surface area contributed by atoms with E-state index in [1.807, 2.05) is 0 Å². The maximum absolute atomic E-state index is 2.43. The van der Waals surface area contributed by atoms with E-state index in [4.69, 9.17) is 0 Å². The van der Waals surface area contributed by atoms with E-state index in [-0.39, 0.29) is 0 Å². The molecule has 10 aromatic carbocycles. The van der Waals surface area contributed by atoms with Crippen LogP contribution in [0.3, 0.4) is 0 Å². The Morgan fingerprint density at radius 2 is 0.587 bits per heavy atom. The van der Waals surface area contributed by atoms with Crippen LogP contribution in [0.1, 0.15) is 22.3 Å². The Kier molecular flexibility index (Phi) is 8.76. The van der Waals surface area contributed by atoms with E-state index in [1.54, 1.807) is 0 Å². The minimum Gasteiger partial charge on any atom is -0.309 e. The van der Waals surface area contributed by atoms with E-state index >= 15 is 0 Å². The monoisotopic (exact) mass is 802 g/mol. The summed E-state index contributed by atoms with van der Waals surface area (Å²) < 4.78 is 4.83. The minimum atomic E-state index is -0.580. The molecule has 0 aliphatic heterocycles. The Bertz CT molecular complexity index is 3490. The van der Waals surface area contributed by atoms with Gasteiger partial charge in [0.1, 0.15) is 0 Å². The Hall–Kier alpha value is -8.20. The second-order valence-corrected chi connectivity index (χ2v) is 16.5. The fourth-order valence-corrected chi connectivity index (χ4v) is 10.2. The number of para-hydroxylation sites is 3. The van der Waals surface area contributed by atoms with Crippen LogP contribution in [-0.4, -0.2) is 9.13 Å². The summed E-state index contributed by atoms with van der Waals surface area (Å²) in [6, 6.07) is 93.3. The lowest BCUT2D eigenvalue weighted by Gasteiger charge is -2.37. The zero-order valence-electron chi connectivity index (χ0n) is 34.6. The first kappa shape index (κ1) is 36.6. The average molecular weight is 803 g/mol. The molecule has 0 spiro atoms. The lowest BCUT2D eigenvalue weighted by Crippen LogP contribution is -2.31. The molecule has 12 aromatic rings. The predicted octanol–water partition coefficient (Wildman–Crippen LogP) is 15.6. The molecule has 63 heavy (non-hydrogen) atoms. The summed E-state index contributed by atoms with van der Waals surface area (Å²) in [5.41, 5.74) is 16.2. The Morgan fingerprint density at radius 1 is 0.222 bits per heavy atom. The first-order valence-electron chi connectivity index (χ1n) is 21.8. The number of rotatable bonds is 8. The molecule has 0 saturated carbocycles. The number of fused-ring (bicyclic) bond motifs is 6. The van der Waals surface area contributed by atoms with Crippen molar-refractivity contribution in [2.24, 2.45) is 0 Å². The van der Waals surface area contributed by atoms with E-state index < -0.39 is 5.41 Å². The van der Waals surface area contributed by atoms with Crippen LogP contribution < -0.4 is 0 Å². The van der Waals surface area contributed by atoms with Crippen LogP contribution >= 0.6 is 0 Å². The van der Waals surface area contributed by atoms with Gasteiger partial charge in [0.2, 0.25) is 0 Å². The van der Waals surface area contributed by atoms with Crippen molar-refractivity contribution in [1.82, 2.24) is 9.13 Å². The van der Waals surface area contributed by atoms with Crippen LogP contribution in [-0.2, 0) is 5.41 Å². The highest BCUT2D eigenvalue weighted by atomic mass is 15.0. The second-order valence-electron chi connectivity index (χ2n) is 16.5. The molecule has 2 aromatic heterocycles. The Balaban J connectivity index is 1.00. The van der Waals surface area contributed by atoms with Gasteiger partial charge in [-0.15, -0.1) is 0 Å². The molecule has 0 N–H and O–H groups in total. The molecular weight excluding hydrogens is 761 g/mol. The van der Waals surface area contributed by atoms with Gasteiger partial charge in [-0.25, -0.2) is 0 Å². The van der Waals surface area contributed by atoms with E-state index in [1.165, 1.54) is 88.1 Å². The summed E-state index contributed by atoms with van der Waals surface area (Å²) in [7, 11) is 0. The van der Waals surface area contributed by atoms with E-state index in [9.17, 15) is 0 Å². The van der Waals surface area contributed by atoms with Gasteiger partial charge >= 0.3 is 0 Å². The van der Waals surface area contributed by atoms with Gasteiger partial charge in [-0.3, -0.25) is 0 Å². The number of hydrogen-bond acceptors (Lipinski definition) is 0. The highest BCUT2D eigenvalue weighted by Gasteiger charge is 2.38. The van der Waals surface area contributed by atoms with Crippen LogP contribution in [0.15, 0.2) is 255 Å². The Labute approximate surface area is 367 Å². The third-order valence-electron chi connectivity index (χ3n) is 13.1. The third kappa shape index (κ3) is 5.95. The molecule has 0 fully saturated rings. The van der Waals surface area contributed by atoms with Crippen molar-refractivity contribution in [1.29, 1.82) is 0 Å². The van der Waals surface area contributed by atoms with Crippen molar-refractivity contribution in [2.45, 2.75) is 5.41 Å². The number of hydrogen-bond donors (Lipinski definition) is 0. The zero-order chi connectivity index (χ0) is 41.7. The number of aromatic nitrogens is 2. The van der Waals surface area contributed by atoms with Gasteiger partial charge in [0.15, 0.2) is 0 Å². The summed E-state index contributed by atoms with van der Waals surface area (Å²) in [6.45, 7) is 0. The normalized spacial score (nSPS) is 11.8. The van der Waals surface area contributed by atoms with E-state index in [2.05, 4.69) is 264 Å². The smallest absolute Gasteiger partial charge is 0.0701 e. The van der Waals surface area contributed by atoms with Crippen molar-refractivity contribution < 1.29 is 0 Å². The average Bonchev–Trinajstić information content (AvgIpc) is 3.88. The first-order chi connectivity index (χ1) is 31.3. The SMILES string of the molecule is c1ccc(-c2cccc(-c3ccc(C(c4ccccc4)(c4ccccc4)c4ccc(-n5c6ccccc6c6cc(-n7c8ccccc8c8ccccc87)ccc65)cc4)cc3)c2)cc1. The third-order valence-corrected chi connectivity index (χ3v) is 13.1. The molecule has 0 atom stereocenters. The van der Waals surface area contributed by atoms with Gasteiger partial charge in [0, 0.05) is 32.9 Å². The highest BCUT2D eigenvalue weighted by Crippen LogP contribution is 2.46. The zero-order valence-corrected chi connectivity index (χ0v) is 34.6. The van der Waals surface area contributed by atoms with Gasteiger partial charge in [-0.1, -0.05) is 200 Å². The van der Waals surface area contributed by atoms with Gasteiger partial charge in [-0.2, -0.15) is 0 Å². The van der Waals surface area contributed by atoms with Crippen LogP contribution in [0.25, 0.3) is 77.2 Å². The van der Waals surface area contributed by atoms with Crippen LogP contribution in [0.5, 0.6) is 0 Å². The van der Waals surface area contributed by atoms with Crippen LogP contribution in [0, 0.1) is 0 Å². The summed E-state index contributed by atoms with van der Waals surface area (Å²) in [5, 5.41) is 4.99. The molecule has 0 radical (unpaired) electrons. The maximum atomic E-state index is 2.43. The van der Waals surface area contributed by atoms with Gasteiger partial charge in [0.25, 0.3) is 0 Å². The molecule has 2 nitrogen and oxygen atoms in total. The van der Waals surface area contributed by atoms with E-state index in [0.29, 0.717) is 0 Å². The predicted molar refractivity (Wildman–Crippen MR) is 264 cm³/mol. The standard InChI is InChI=1S/C61H42N2/c1-4-17-43(18-5-1)45-19-16-20-46(41-45)44-31-33-49(34-32-44)61(47-21-6-2-7-22-47,48-23-8-3-9-24-48)50-35-37-51(38-36-50)62-59-30-15-12-27-55(59)56-42-52(39-40-60(56)62)63-57-28-13-10-25-53(57)54-26-11-14-29-58(54)63/h1-42H. The number of nitrogens with zero attached hydrogens (tertiary/aromatic N) is 2. The molecule has 0 unspecified atom stereocenters. The van der Waals surface area contributed by atoms with Crippen molar-refractivity contribution in [3.8, 4) is 33.6 Å². The molecule has 0 bridgehead atoms. The lowest BCUT2D eigenvalue weighted by molar-refractivity contribution is 0.745. The van der Waals surface area contributed by atoms with Gasteiger partial charge in [0.05, 0.1) is 27.5 Å². The first-order valence-corrected chi connectivity index (χ1v) is 21.8. The van der Waals surface area contributed by atoms with Crippen LogP contribution in [0.4, 0.5) is 0 Å². The highest BCUT2D eigenvalue weighted by molar-refractivity contribution is 6.12. The topological polar surface area (TPSA) is 9.86 Å². The minimum absolute atomic E-state index is 0.580. The van der Waals surface area contributed by atoms with Crippen molar-refractivity contribution in [3.63, 3.8) is 0 Å². The summed E-state index contributed by atoms with van der Waals surface area (Å²) in [6.07, 6.45) is 0. The largest absolute Gasteiger partial charge is 0.309 e. The molecule has 0 saturated heterocycles. The molecule has 296 valence electrons. The fourth-order valence-electron chi connectivity index (χ4n) is 10.2. The summed E-state index contributed by atoms with van der Waals surface area (Å²) in [4.78, 5) is 0. The molecule has 0 aliphatic carbocycles. The van der Waals surface area contributed by atoms with Gasteiger partial charge in [-0.05, 0) is 99.1 Å². The fraction of sp³-hybridized carbons (Fsp3) is 0.0164. The molecule has 2 heteroatoms. The van der Waals surface area contributed by atoms with Crippen molar-refractivity contribution in [2.75, 3.05) is 0 Å². The van der Waals surface area contributed by atoms with E-state index in [0.717, 1.165) is 11.4 Å². The summed E-state index contributed by atoms with van der Waals surface area (Å²) >= 11 is 0. The molecule has 2 heterocycles. The maximum Gasteiger partial charge on any atom is 0.0701 e. The Morgan fingerprint density at radius 3 is 1.13 bits per heavy atom. The second kappa shape index (κ2) is 15.1. The molecule has 12 rings (SSSR count). The van der Waals surface area contributed by atoms with Gasteiger partial charge < -0.3 is 9.13 Å². The lowest BCUT2D eigenvalue weighted by atomic mass is 9.65. The quantitative estimate of drug-likeness (QED) is 0.135. The number of benzene rings is 10. The van der Waals surface area contributed by atoms with Crippen molar-refractivity contribution in [3.05, 3.63) is 277 Å². The molecule has 0 amide bonds. The van der Waals surface area contributed by atoms with Crippen LogP contribution in [0.2, 0.25) is 0 Å². The molecule has 0 aliphatic rings. The summed E-state index contributed by atoms with van der Waals surface area (Å²) in [5.74, 6) is 0.